The Kier molecular flexibility index (Phi) is 3.69. The zero-order valence-electron chi connectivity index (χ0n) is 11.4. The summed E-state index contributed by atoms with van der Waals surface area (Å²) in [5.74, 6) is -0.967. The third-order valence-electron chi connectivity index (χ3n) is 3.57. The molecule has 0 aliphatic carbocycles. The zero-order valence-corrected chi connectivity index (χ0v) is 11.4. The smallest absolute Gasteiger partial charge is 0.165 e. The standard InChI is InChI=1S/C19H15FO/c20-17-13-16(11-12-18(17)21)19(14-7-3-1-4-8-14)15-9-5-2-6-10-15/h1-13,19,21H. The Balaban J connectivity index is 2.14. The van der Waals surface area contributed by atoms with Crippen molar-refractivity contribution in [3.05, 3.63) is 101 Å². The molecule has 0 aromatic heterocycles. The molecule has 0 heterocycles. The summed E-state index contributed by atoms with van der Waals surface area (Å²) in [6.45, 7) is 0. The van der Waals surface area contributed by atoms with Crippen molar-refractivity contribution < 1.29 is 9.50 Å². The highest BCUT2D eigenvalue weighted by Gasteiger charge is 2.17. The van der Waals surface area contributed by atoms with Crippen LogP contribution in [0.3, 0.4) is 0 Å². The van der Waals surface area contributed by atoms with Gasteiger partial charge in [-0.15, -0.1) is 0 Å². The molecule has 1 N–H and O–H groups in total. The molecule has 21 heavy (non-hydrogen) atoms. The van der Waals surface area contributed by atoms with Gasteiger partial charge < -0.3 is 5.11 Å². The van der Waals surface area contributed by atoms with Crippen LogP contribution in [-0.2, 0) is 0 Å². The van der Waals surface area contributed by atoms with Crippen molar-refractivity contribution in [1.29, 1.82) is 0 Å². The van der Waals surface area contributed by atoms with Crippen molar-refractivity contribution in [1.82, 2.24) is 0 Å². The van der Waals surface area contributed by atoms with Gasteiger partial charge >= 0.3 is 0 Å². The van der Waals surface area contributed by atoms with E-state index >= 15 is 0 Å². The van der Waals surface area contributed by atoms with E-state index in [0.717, 1.165) is 16.7 Å². The van der Waals surface area contributed by atoms with Gasteiger partial charge in [0.05, 0.1) is 0 Å². The maximum Gasteiger partial charge on any atom is 0.165 e. The molecule has 0 radical (unpaired) electrons. The fourth-order valence-electron chi connectivity index (χ4n) is 2.57. The van der Waals surface area contributed by atoms with Crippen LogP contribution >= 0.6 is 0 Å². The highest BCUT2D eigenvalue weighted by atomic mass is 19.1. The van der Waals surface area contributed by atoms with Crippen LogP contribution in [0, 0.1) is 5.82 Å². The summed E-state index contributed by atoms with van der Waals surface area (Å²) in [5, 5.41) is 9.39. The van der Waals surface area contributed by atoms with Crippen molar-refractivity contribution >= 4 is 0 Å². The van der Waals surface area contributed by atoms with Crippen LogP contribution in [0.25, 0.3) is 0 Å². The summed E-state index contributed by atoms with van der Waals surface area (Å²) in [5.41, 5.74) is 3.00. The predicted octanol–water partition coefficient (Wildman–Crippen LogP) is 4.71. The zero-order chi connectivity index (χ0) is 14.7. The van der Waals surface area contributed by atoms with Gasteiger partial charge in [-0.25, -0.2) is 4.39 Å². The molecule has 0 saturated heterocycles. The van der Waals surface area contributed by atoms with Gasteiger partial charge in [-0.2, -0.15) is 0 Å². The minimum atomic E-state index is -0.593. The Morgan fingerprint density at radius 2 is 1.19 bits per heavy atom. The fourth-order valence-corrected chi connectivity index (χ4v) is 2.57. The van der Waals surface area contributed by atoms with Crippen LogP contribution in [-0.4, -0.2) is 5.11 Å². The maximum absolute atomic E-state index is 13.7. The number of phenolic OH excluding ortho intramolecular Hbond substituents is 1. The molecule has 3 aromatic carbocycles. The third kappa shape index (κ3) is 2.79. The lowest BCUT2D eigenvalue weighted by Gasteiger charge is -2.19. The molecule has 0 aliphatic heterocycles. The lowest BCUT2D eigenvalue weighted by Crippen LogP contribution is -2.03. The van der Waals surface area contributed by atoms with Crippen molar-refractivity contribution in [2.75, 3.05) is 0 Å². The van der Waals surface area contributed by atoms with E-state index in [0.29, 0.717) is 0 Å². The van der Waals surface area contributed by atoms with Crippen LogP contribution in [0.1, 0.15) is 22.6 Å². The summed E-state index contributed by atoms with van der Waals surface area (Å²) in [4.78, 5) is 0. The van der Waals surface area contributed by atoms with Gasteiger partial charge in [0.15, 0.2) is 11.6 Å². The van der Waals surface area contributed by atoms with Crippen LogP contribution in [0.4, 0.5) is 4.39 Å². The van der Waals surface area contributed by atoms with Gasteiger partial charge in [0, 0.05) is 5.92 Å². The summed E-state index contributed by atoms with van der Waals surface area (Å²) in [6, 6.07) is 24.5. The summed E-state index contributed by atoms with van der Waals surface area (Å²) in [7, 11) is 0. The number of hydrogen-bond donors (Lipinski definition) is 1. The molecule has 3 rings (SSSR count). The van der Waals surface area contributed by atoms with E-state index in [4.69, 9.17) is 0 Å². The molecular weight excluding hydrogens is 263 g/mol. The summed E-state index contributed by atoms with van der Waals surface area (Å²) >= 11 is 0. The average Bonchev–Trinajstić information content (AvgIpc) is 2.53. The molecule has 0 aliphatic rings. The van der Waals surface area contributed by atoms with Gasteiger partial charge in [-0.3, -0.25) is 0 Å². The van der Waals surface area contributed by atoms with Gasteiger partial charge in [0.1, 0.15) is 0 Å². The van der Waals surface area contributed by atoms with E-state index in [2.05, 4.69) is 0 Å². The van der Waals surface area contributed by atoms with Crippen molar-refractivity contribution in [3.8, 4) is 5.75 Å². The Morgan fingerprint density at radius 1 is 0.667 bits per heavy atom. The molecule has 0 amide bonds. The number of rotatable bonds is 3. The van der Waals surface area contributed by atoms with E-state index < -0.39 is 5.82 Å². The quantitative estimate of drug-likeness (QED) is 0.688. The second-order valence-electron chi connectivity index (χ2n) is 4.97. The molecule has 0 atom stereocenters. The van der Waals surface area contributed by atoms with E-state index in [-0.39, 0.29) is 11.7 Å². The number of hydrogen-bond acceptors (Lipinski definition) is 1. The van der Waals surface area contributed by atoms with Crippen LogP contribution in [0.2, 0.25) is 0 Å². The minimum absolute atomic E-state index is 0.0532. The first-order valence-corrected chi connectivity index (χ1v) is 6.84. The number of benzene rings is 3. The molecule has 0 unspecified atom stereocenters. The fraction of sp³-hybridized carbons (Fsp3) is 0.0526. The first kappa shape index (κ1) is 13.4. The van der Waals surface area contributed by atoms with Gasteiger partial charge in [0.2, 0.25) is 0 Å². The first-order chi connectivity index (χ1) is 10.3. The second kappa shape index (κ2) is 5.80. The Labute approximate surface area is 123 Å². The summed E-state index contributed by atoms with van der Waals surface area (Å²) in [6.07, 6.45) is 0. The van der Waals surface area contributed by atoms with Gasteiger partial charge in [-0.1, -0.05) is 66.7 Å². The third-order valence-corrected chi connectivity index (χ3v) is 3.57. The number of aromatic hydroxyl groups is 1. The Hall–Kier alpha value is -2.61. The molecule has 2 heteroatoms. The predicted molar refractivity (Wildman–Crippen MR) is 81.9 cm³/mol. The van der Waals surface area contributed by atoms with Crippen molar-refractivity contribution in [2.24, 2.45) is 0 Å². The monoisotopic (exact) mass is 278 g/mol. The van der Waals surface area contributed by atoms with Crippen molar-refractivity contribution in [2.45, 2.75) is 5.92 Å². The molecule has 3 aromatic rings. The summed E-state index contributed by atoms with van der Waals surface area (Å²) < 4.78 is 13.7. The molecule has 1 nitrogen and oxygen atoms in total. The normalized spacial score (nSPS) is 10.8. The van der Waals surface area contributed by atoms with Gasteiger partial charge in [-0.05, 0) is 28.8 Å². The van der Waals surface area contributed by atoms with Crippen LogP contribution in [0.5, 0.6) is 5.75 Å². The lowest BCUT2D eigenvalue weighted by atomic mass is 9.85. The number of halogens is 1. The molecule has 104 valence electrons. The molecule has 0 saturated carbocycles. The van der Waals surface area contributed by atoms with E-state index in [1.165, 1.54) is 12.1 Å². The lowest BCUT2D eigenvalue weighted by molar-refractivity contribution is 0.431. The van der Waals surface area contributed by atoms with Crippen LogP contribution < -0.4 is 0 Å². The largest absolute Gasteiger partial charge is 0.505 e. The topological polar surface area (TPSA) is 20.2 Å². The minimum Gasteiger partial charge on any atom is -0.505 e. The van der Waals surface area contributed by atoms with E-state index in [1.807, 2.05) is 60.7 Å². The Bertz CT molecular complexity index is 684. The SMILES string of the molecule is Oc1ccc(C(c2ccccc2)c2ccccc2)cc1F. The maximum atomic E-state index is 13.7. The number of phenols is 1. The Morgan fingerprint density at radius 3 is 1.67 bits per heavy atom. The second-order valence-corrected chi connectivity index (χ2v) is 4.97. The van der Waals surface area contributed by atoms with Crippen LogP contribution in [0.15, 0.2) is 78.9 Å². The molecule has 0 bridgehead atoms. The highest BCUT2D eigenvalue weighted by molar-refractivity contribution is 5.44. The highest BCUT2D eigenvalue weighted by Crippen LogP contribution is 2.33. The van der Waals surface area contributed by atoms with Gasteiger partial charge in [0.25, 0.3) is 0 Å². The van der Waals surface area contributed by atoms with E-state index in [1.54, 1.807) is 6.07 Å². The average molecular weight is 278 g/mol. The molecular formula is C19H15FO. The molecule has 0 spiro atoms. The molecule has 0 fully saturated rings. The van der Waals surface area contributed by atoms with E-state index in [9.17, 15) is 9.50 Å². The van der Waals surface area contributed by atoms with Crippen molar-refractivity contribution in [3.63, 3.8) is 0 Å². The first-order valence-electron chi connectivity index (χ1n) is 6.84.